The Balaban J connectivity index is 1.53. The van der Waals surface area contributed by atoms with Crippen LogP contribution in [-0.4, -0.2) is 10.7 Å². The lowest BCUT2D eigenvalue weighted by Crippen LogP contribution is -2.32. The molecule has 4 heteroatoms. The average Bonchev–Trinajstić information content (AvgIpc) is 3.16. The first kappa shape index (κ1) is 14.9. The Hall–Kier alpha value is -1.68. The third-order valence-electron chi connectivity index (χ3n) is 6.37. The number of thiazole rings is 1. The minimum Gasteiger partial charge on any atom is -0.253 e. The third-order valence-corrected chi connectivity index (χ3v) is 7.12. The number of nitrogens with zero attached hydrogens (tertiary/aromatic N) is 2. The normalized spacial score (nSPS) is 30.0. The lowest BCUT2D eigenvalue weighted by Gasteiger charge is -2.34. The summed E-state index contributed by atoms with van der Waals surface area (Å²) in [7, 11) is 0. The minimum absolute atomic E-state index is 0.240. The quantitative estimate of drug-likeness (QED) is 0.765. The number of nitrogens with one attached hydrogen (secondary N) is 1. The SMILES string of the molecule is CC12CCC(CC1=NNc1nc(-c3ccccc3)cs1)C2(C)C. The molecule has 4 rings (SSSR count). The molecule has 2 saturated carbocycles. The van der Waals surface area contributed by atoms with Gasteiger partial charge in [0.1, 0.15) is 0 Å². The van der Waals surface area contributed by atoms with E-state index in [1.165, 1.54) is 18.6 Å². The lowest BCUT2D eigenvalue weighted by molar-refractivity contribution is 0.194. The molecule has 1 N–H and O–H groups in total. The van der Waals surface area contributed by atoms with E-state index < -0.39 is 0 Å². The van der Waals surface area contributed by atoms with E-state index in [9.17, 15) is 0 Å². The number of hydrogen-bond acceptors (Lipinski definition) is 4. The van der Waals surface area contributed by atoms with Crippen molar-refractivity contribution in [2.24, 2.45) is 21.8 Å². The van der Waals surface area contributed by atoms with Crippen LogP contribution in [0.2, 0.25) is 0 Å². The van der Waals surface area contributed by atoms with E-state index in [2.05, 4.69) is 48.7 Å². The van der Waals surface area contributed by atoms with Crippen LogP contribution >= 0.6 is 11.3 Å². The second-order valence-corrected chi connectivity index (χ2v) is 8.43. The van der Waals surface area contributed by atoms with E-state index in [1.807, 2.05) is 18.2 Å². The highest BCUT2D eigenvalue weighted by Gasteiger charge is 2.59. The first-order valence-electron chi connectivity index (χ1n) is 8.35. The molecule has 2 aromatic rings. The highest BCUT2D eigenvalue weighted by atomic mass is 32.1. The summed E-state index contributed by atoms with van der Waals surface area (Å²) < 4.78 is 0. The molecular formula is C19H23N3S. The van der Waals surface area contributed by atoms with Crippen LogP contribution in [0.25, 0.3) is 11.3 Å². The lowest BCUT2D eigenvalue weighted by atomic mass is 9.70. The van der Waals surface area contributed by atoms with Crippen molar-refractivity contribution in [3.8, 4) is 11.3 Å². The van der Waals surface area contributed by atoms with E-state index in [-0.39, 0.29) is 5.41 Å². The molecule has 2 unspecified atom stereocenters. The topological polar surface area (TPSA) is 37.3 Å². The predicted octanol–water partition coefficient (Wildman–Crippen LogP) is 5.42. The molecule has 0 radical (unpaired) electrons. The molecule has 2 aliphatic rings. The number of rotatable bonds is 3. The van der Waals surface area contributed by atoms with Gasteiger partial charge in [-0.15, -0.1) is 11.3 Å². The Kier molecular flexibility index (Phi) is 3.34. The Labute approximate surface area is 141 Å². The van der Waals surface area contributed by atoms with Crippen LogP contribution in [0.4, 0.5) is 5.13 Å². The molecule has 0 spiro atoms. The van der Waals surface area contributed by atoms with Gasteiger partial charge in [0, 0.05) is 22.1 Å². The molecule has 1 heterocycles. The maximum atomic E-state index is 4.77. The molecule has 120 valence electrons. The maximum Gasteiger partial charge on any atom is 0.203 e. The Morgan fingerprint density at radius 3 is 2.65 bits per heavy atom. The summed E-state index contributed by atoms with van der Waals surface area (Å²) in [6.45, 7) is 7.20. The van der Waals surface area contributed by atoms with Crippen LogP contribution in [0.5, 0.6) is 0 Å². The summed E-state index contributed by atoms with van der Waals surface area (Å²) in [5.41, 5.74) is 7.32. The van der Waals surface area contributed by atoms with E-state index in [1.54, 1.807) is 11.3 Å². The summed E-state index contributed by atoms with van der Waals surface area (Å²) in [4.78, 5) is 4.66. The van der Waals surface area contributed by atoms with Crippen molar-refractivity contribution in [3.63, 3.8) is 0 Å². The average molecular weight is 325 g/mol. The maximum absolute atomic E-state index is 4.77. The summed E-state index contributed by atoms with van der Waals surface area (Å²) >= 11 is 1.62. The van der Waals surface area contributed by atoms with Crippen molar-refractivity contribution in [2.45, 2.75) is 40.0 Å². The number of hydrazone groups is 1. The minimum atomic E-state index is 0.240. The first-order valence-corrected chi connectivity index (χ1v) is 9.23. The molecule has 23 heavy (non-hydrogen) atoms. The summed E-state index contributed by atoms with van der Waals surface area (Å²) in [5, 5.41) is 7.73. The Bertz CT molecular complexity index is 747. The summed E-state index contributed by atoms with van der Waals surface area (Å²) in [5.74, 6) is 0.782. The number of benzene rings is 1. The third kappa shape index (κ3) is 2.23. The van der Waals surface area contributed by atoms with Crippen LogP contribution in [0, 0.1) is 16.7 Å². The monoisotopic (exact) mass is 325 g/mol. The number of anilines is 1. The Morgan fingerprint density at radius 2 is 2.00 bits per heavy atom. The van der Waals surface area contributed by atoms with Crippen molar-refractivity contribution in [2.75, 3.05) is 5.43 Å². The van der Waals surface area contributed by atoms with Gasteiger partial charge in [0.05, 0.1) is 5.69 Å². The van der Waals surface area contributed by atoms with Gasteiger partial charge < -0.3 is 0 Å². The molecular weight excluding hydrogens is 302 g/mol. The molecule has 3 nitrogen and oxygen atoms in total. The molecule has 2 bridgehead atoms. The van der Waals surface area contributed by atoms with Gasteiger partial charge >= 0.3 is 0 Å². The highest BCUT2D eigenvalue weighted by Crippen LogP contribution is 2.63. The zero-order valence-corrected chi connectivity index (χ0v) is 14.8. The second-order valence-electron chi connectivity index (χ2n) is 7.57. The van der Waals surface area contributed by atoms with Crippen LogP contribution in [-0.2, 0) is 0 Å². The molecule has 2 aliphatic carbocycles. The first-order chi connectivity index (χ1) is 11.0. The molecule has 2 fully saturated rings. The largest absolute Gasteiger partial charge is 0.253 e. The Morgan fingerprint density at radius 1 is 1.22 bits per heavy atom. The van der Waals surface area contributed by atoms with Gasteiger partial charge in [-0.05, 0) is 30.6 Å². The zero-order valence-electron chi connectivity index (χ0n) is 14.0. The van der Waals surface area contributed by atoms with Gasteiger partial charge in [0.2, 0.25) is 5.13 Å². The van der Waals surface area contributed by atoms with Crippen LogP contribution in [0.15, 0.2) is 40.8 Å². The molecule has 0 amide bonds. The van der Waals surface area contributed by atoms with Crippen LogP contribution < -0.4 is 5.43 Å². The van der Waals surface area contributed by atoms with Gasteiger partial charge in [-0.1, -0.05) is 51.1 Å². The van der Waals surface area contributed by atoms with Crippen molar-refractivity contribution < 1.29 is 0 Å². The molecule has 2 atom stereocenters. The molecule has 0 aliphatic heterocycles. The van der Waals surface area contributed by atoms with Gasteiger partial charge in [0.15, 0.2) is 0 Å². The van der Waals surface area contributed by atoms with Crippen molar-refractivity contribution in [3.05, 3.63) is 35.7 Å². The standard InChI is InChI=1S/C19H23N3S/c1-18(2)14-9-10-19(18,3)16(11-14)21-22-17-20-15(12-23-17)13-7-5-4-6-8-13/h4-8,12,14H,9-11H2,1-3H3,(H,20,22). The van der Waals surface area contributed by atoms with Crippen molar-refractivity contribution >= 4 is 22.2 Å². The van der Waals surface area contributed by atoms with E-state index in [4.69, 9.17) is 5.10 Å². The number of aromatic nitrogens is 1. The van der Waals surface area contributed by atoms with Gasteiger partial charge in [-0.2, -0.15) is 5.10 Å². The van der Waals surface area contributed by atoms with Gasteiger partial charge in [-0.25, -0.2) is 4.98 Å². The van der Waals surface area contributed by atoms with E-state index in [0.29, 0.717) is 5.41 Å². The highest BCUT2D eigenvalue weighted by molar-refractivity contribution is 7.14. The number of fused-ring (bicyclic) bond motifs is 2. The molecule has 1 aromatic heterocycles. The second kappa shape index (κ2) is 5.17. The fourth-order valence-electron chi connectivity index (χ4n) is 4.28. The summed E-state index contributed by atoms with van der Waals surface area (Å²) in [6.07, 6.45) is 3.74. The molecule has 0 saturated heterocycles. The zero-order chi connectivity index (χ0) is 16.1. The van der Waals surface area contributed by atoms with E-state index in [0.717, 1.165) is 28.7 Å². The molecule has 1 aromatic carbocycles. The fourth-order valence-corrected chi connectivity index (χ4v) is 4.94. The van der Waals surface area contributed by atoms with Crippen molar-refractivity contribution in [1.82, 2.24) is 4.98 Å². The van der Waals surface area contributed by atoms with Crippen LogP contribution in [0.3, 0.4) is 0 Å². The number of hydrogen-bond donors (Lipinski definition) is 1. The van der Waals surface area contributed by atoms with Crippen molar-refractivity contribution in [1.29, 1.82) is 0 Å². The van der Waals surface area contributed by atoms with Gasteiger partial charge in [-0.3, -0.25) is 5.43 Å². The summed E-state index contributed by atoms with van der Waals surface area (Å²) in [6, 6.07) is 10.3. The predicted molar refractivity (Wildman–Crippen MR) is 97.8 cm³/mol. The smallest absolute Gasteiger partial charge is 0.203 e. The fraction of sp³-hybridized carbons (Fsp3) is 0.474. The van der Waals surface area contributed by atoms with E-state index >= 15 is 0 Å². The van der Waals surface area contributed by atoms with Crippen LogP contribution in [0.1, 0.15) is 40.0 Å². The van der Waals surface area contributed by atoms with Gasteiger partial charge in [0.25, 0.3) is 0 Å².